The van der Waals surface area contributed by atoms with Crippen molar-refractivity contribution in [1.82, 2.24) is 29.8 Å². The van der Waals surface area contributed by atoms with Crippen LogP contribution in [0.4, 0.5) is 0 Å². The van der Waals surface area contributed by atoms with E-state index in [9.17, 15) is 24.3 Å². The molecule has 2 aliphatic heterocycles. The number of fused-ring (bicyclic) bond motifs is 1. The highest BCUT2D eigenvalue weighted by Crippen LogP contribution is 2.50. The van der Waals surface area contributed by atoms with Gasteiger partial charge in [-0.3, -0.25) is 23.9 Å². The Hall–Kier alpha value is -1.41. The molecule has 4 atom stereocenters. The lowest BCUT2D eigenvalue weighted by Gasteiger charge is -2.56. The predicted octanol–water partition coefficient (Wildman–Crippen LogP) is 0.0913. The number of β-lactam (4-membered cyclic amide) rings is 1. The third-order valence-electron chi connectivity index (χ3n) is 5.68. The van der Waals surface area contributed by atoms with Crippen LogP contribution in [0.1, 0.15) is 18.0 Å². The molecule has 2 aromatic heterocycles. The van der Waals surface area contributed by atoms with Crippen LogP contribution in [0.2, 0.25) is 0 Å². The van der Waals surface area contributed by atoms with E-state index in [4.69, 9.17) is 0 Å². The second-order valence-electron chi connectivity index (χ2n) is 7.66. The fraction of sp³-hybridized carbons (Fsp3) is 0.471. The summed E-state index contributed by atoms with van der Waals surface area (Å²) in [5, 5.41) is 21.3. The van der Waals surface area contributed by atoms with Crippen LogP contribution in [0.5, 0.6) is 0 Å². The van der Waals surface area contributed by atoms with Crippen LogP contribution < -0.4 is 10.4 Å². The molecule has 3 unspecified atom stereocenters. The number of pyridine rings is 1. The molecule has 0 bridgehead atoms. The molecule has 2 aliphatic rings. The number of thiol groups is 1. The number of aromatic nitrogens is 5. The summed E-state index contributed by atoms with van der Waals surface area (Å²) in [5.41, 5.74) is -1.58. The number of tetrazole rings is 1. The molecule has 2 fully saturated rings. The van der Waals surface area contributed by atoms with E-state index in [-0.39, 0.29) is 35.4 Å². The first kappa shape index (κ1) is 24.7. The Balaban J connectivity index is 1.65. The monoisotopic (exact) mass is 717 g/mol. The van der Waals surface area contributed by atoms with Gasteiger partial charge in [-0.25, -0.2) is 9.69 Å². The van der Waals surface area contributed by atoms with Gasteiger partial charge in [-0.1, -0.05) is 0 Å². The average molecular weight is 717 g/mol. The number of aliphatic carboxylic acids is 1. The molecule has 0 spiro atoms. The molecule has 0 aliphatic carbocycles. The molecule has 4 rings (SSSR count). The Kier molecular flexibility index (Phi) is 6.73. The number of carbonyl (C=O) groups is 3. The smallest absolute Gasteiger partial charge is 0.313 e. The van der Waals surface area contributed by atoms with Gasteiger partial charge in [0.2, 0.25) is 11.3 Å². The minimum atomic E-state index is -1.42. The maximum Gasteiger partial charge on any atom is 0.313 e. The summed E-state index contributed by atoms with van der Waals surface area (Å²) in [7, 11) is 1.59. The average Bonchev–Trinajstić information content (AvgIpc) is 3.19. The minimum Gasteiger partial charge on any atom is -0.481 e. The highest BCUT2D eigenvalue weighted by atomic mass is 127. The predicted molar refractivity (Wildman–Crippen MR) is 137 cm³/mol. The zero-order chi connectivity index (χ0) is 24.2. The number of halogens is 2. The number of aryl methyl sites for hydroxylation is 1. The van der Waals surface area contributed by atoms with Crippen molar-refractivity contribution in [2.75, 3.05) is 17.3 Å². The number of hydrogen-bond acceptors (Lipinski definition) is 9. The number of carboxylic acid groups (broad SMARTS) is 1. The molecular weight excluding hydrogens is 700 g/mol. The van der Waals surface area contributed by atoms with E-state index in [2.05, 4.69) is 28.2 Å². The van der Waals surface area contributed by atoms with Crippen LogP contribution in [0.15, 0.2) is 17.2 Å². The molecule has 12 nitrogen and oxygen atoms in total. The lowest BCUT2D eigenvalue weighted by atomic mass is 9.83. The van der Waals surface area contributed by atoms with Gasteiger partial charge in [0.15, 0.2) is 11.9 Å². The zero-order valence-corrected chi connectivity index (χ0v) is 23.1. The minimum absolute atomic E-state index is 0.0959. The summed E-state index contributed by atoms with van der Waals surface area (Å²) in [6.45, 7) is 1.25. The molecule has 2 aromatic rings. The van der Waals surface area contributed by atoms with E-state index < -0.39 is 28.0 Å². The fourth-order valence-corrected chi connectivity index (χ4v) is 7.83. The Morgan fingerprint density at radius 2 is 1.97 bits per heavy atom. The van der Waals surface area contributed by atoms with E-state index in [1.807, 2.05) is 45.2 Å². The normalized spacial score (nSPS) is 25.2. The molecule has 16 heteroatoms. The lowest BCUT2D eigenvalue weighted by Crippen LogP contribution is -2.76. The highest BCUT2D eigenvalue weighted by Gasteiger charge is 2.62. The van der Waals surface area contributed by atoms with E-state index in [0.717, 1.165) is 0 Å². The Morgan fingerprint density at radius 3 is 2.48 bits per heavy atom. The first-order valence-electron chi connectivity index (χ1n) is 9.43. The topological polar surface area (TPSA) is 144 Å². The number of carboxylic acids is 1. The number of rotatable bonds is 5. The Bertz CT molecular complexity index is 1200. The van der Waals surface area contributed by atoms with Crippen molar-refractivity contribution in [2.24, 2.45) is 12.5 Å². The molecule has 4 heterocycles. The van der Waals surface area contributed by atoms with Crippen LogP contribution >= 0.6 is 69.6 Å². The Morgan fingerprint density at radius 1 is 1.33 bits per heavy atom. The van der Waals surface area contributed by atoms with Crippen LogP contribution in [0, 0.1) is 12.6 Å². The first-order valence-corrected chi connectivity index (χ1v) is 13.1. The van der Waals surface area contributed by atoms with Crippen LogP contribution in [-0.4, -0.2) is 76.4 Å². The maximum atomic E-state index is 13.2. The summed E-state index contributed by atoms with van der Waals surface area (Å²) >= 11 is 9.58. The summed E-state index contributed by atoms with van der Waals surface area (Å²) in [5.74, 6) is -1.45. The largest absolute Gasteiger partial charge is 0.481 e. The van der Waals surface area contributed by atoms with Crippen LogP contribution in [0.25, 0.3) is 0 Å². The van der Waals surface area contributed by atoms with E-state index in [0.29, 0.717) is 7.14 Å². The van der Waals surface area contributed by atoms with Crippen molar-refractivity contribution in [3.05, 3.63) is 35.6 Å². The molecule has 0 aromatic carbocycles. The third kappa shape index (κ3) is 3.95. The number of thioether (sulfide) groups is 1. The highest BCUT2D eigenvalue weighted by molar-refractivity contribution is 14.1. The van der Waals surface area contributed by atoms with Gasteiger partial charge in [0.25, 0.3) is 5.91 Å². The van der Waals surface area contributed by atoms with Gasteiger partial charge < -0.3 is 10.0 Å². The van der Waals surface area contributed by atoms with E-state index in [1.54, 1.807) is 7.05 Å². The number of nitrogens with zero attached hydrogens (tertiary/aromatic N) is 7. The van der Waals surface area contributed by atoms with Gasteiger partial charge in [0, 0.05) is 38.7 Å². The molecule has 2 saturated heterocycles. The lowest BCUT2D eigenvalue weighted by molar-refractivity contribution is -0.158. The SMILES string of the molecule is CC(=O)N(C1C(=O)N2CC(C(=O)O)(C(S)c3nnnn3C)CS[C@H]12)n1cc(I)c(=O)c(I)c1. The van der Waals surface area contributed by atoms with Crippen molar-refractivity contribution in [1.29, 1.82) is 0 Å². The van der Waals surface area contributed by atoms with Crippen LogP contribution in [-0.2, 0) is 21.4 Å². The van der Waals surface area contributed by atoms with Gasteiger partial charge in [-0.15, -0.1) is 16.9 Å². The van der Waals surface area contributed by atoms with Crippen molar-refractivity contribution in [3.8, 4) is 0 Å². The molecule has 2 amide bonds. The van der Waals surface area contributed by atoms with Crippen molar-refractivity contribution < 1.29 is 19.5 Å². The van der Waals surface area contributed by atoms with Gasteiger partial charge in [-0.05, 0) is 55.6 Å². The number of carbonyl (C=O) groups excluding carboxylic acids is 2. The van der Waals surface area contributed by atoms with Crippen LogP contribution in [0.3, 0.4) is 0 Å². The fourth-order valence-electron chi connectivity index (χ4n) is 3.92. The van der Waals surface area contributed by atoms with Gasteiger partial charge in [0.1, 0.15) is 10.8 Å². The quantitative estimate of drug-likeness (QED) is 0.250. The van der Waals surface area contributed by atoms with Gasteiger partial charge in [-0.2, -0.15) is 12.6 Å². The Labute approximate surface area is 224 Å². The maximum absolute atomic E-state index is 13.2. The van der Waals surface area contributed by atoms with E-state index >= 15 is 0 Å². The molecular formula is C17H17I2N7O5S2. The molecule has 0 radical (unpaired) electrons. The van der Waals surface area contributed by atoms with Crippen molar-refractivity contribution in [2.45, 2.75) is 23.6 Å². The molecule has 0 saturated carbocycles. The van der Waals surface area contributed by atoms with E-state index in [1.165, 1.54) is 50.3 Å². The number of amides is 2. The summed E-state index contributed by atoms with van der Waals surface area (Å²) < 4.78 is 3.63. The molecule has 33 heavy (non-hydrogen) atoms. The standard InChI is InChI=1S/C17H17I2N7O5S2/c1-7(27)26(24-3-8(18)11(28)9(19)4-24)10-14(29)25-5-17(16(30)31,6-33-15(10)25)12(32)13-20-21-22-23(13)2/h3-4,10,12,15,32H,5-6H2,1-2H3,(H,30,31)/t10?,12?,15-,17?/m1/s1. The number of hydrogen-bond donors (Lipinski definition) is 2. The molecule has 176 valence electrons. The second-order valence-corrected chi connectivity index (χ2v) is 11.6. The van der Waals surface area contributed by atoms with Gasteiger partial charge in [0.05, 0.1) is 12.4 Å². The summed E-state index contributed by atoms with van der Waals surface area (Å²) in [6.07, 6.45) is 3.00. The van der Waals surface area contributed by atoms with Crippen molar-refractivity contribution in [3.63, 3.8) is 0 Å². The summed E-state index contributed by atoms with van der Waals surface area (Å²) in [6, 6.07) is -0.830. The first-order chi connectivity index (χ1) is 15.5. The van der Waals surface area contributed by atoms with Gasteiger partial charge >= 0.3 is 5.97 Å². The second kappa shape index (κ2) is 8.99. The zero-order valence-electron chi connectivity index (χ0n) is 17.1. The molecule has 1 N–H and O–H groups in total. The van der Waals surface area contributed by atoms with Crippen molar-refractivity contribution >= 4 is 87.4 Å². The third-order valence-corrected chi connectivity index (χ3v) is 9.48. The summed E-state index contributed by atoms with van der Waals surface area (Å²) in [4.78, 5) is 51.7.